The number of anilines is 3. The maximum atomic E-state index is 6.55. The van der Waals surface area contributed by atoms with Crippen molar-refractivity contribution >= 4 is 71.7 Å². The second kappa shape index (κ2) is 11.0. The number of benzene rings is 8. The highest BCUT2D eigenvalue weighted by molar-refractivity contribution is 6.32. The molecule has 10 aromatic rings. The van der Waals surface area contributed by atoms with Crippen molar-refractivity contribution < 1.29 is 8.83 Å². The third-order valence-corrected chi connectivity index (χ3v) is 9.64. The molecule has 49 heavy (non-hydrogen) atoms. The van der Waals surface area contributed by atoms with E-state index in [0.717, 1.165) is 82.8 Å². The summed E-state index contributed by atoms with van der Waals surface area (Å²) in [5.74, 6) is 0. The Hall–Kier alpha value is -6.58. The molecule has 0 radical (unpaired) electrons. The maximum absolute atomic E-state index is 6.55. The molecule has 0 saturated heterocycles. The van der Waals surface area contributed by atoms with Crippen LogP contribution in [0.5, 0.6) is 0 Å². The molecule has 10 rings (SSSR count). The van der Waals surface area contributed by atoms with Gasteiger partial charge in [-0.3, -0.25) is 0 Å². The number of para-hydroxylation sites is 2. The van der Waals surface area contributed by atoms with E-state index in [1.807, 2.05) is 12.1 Å². The molecule has 0 aliphatic rings. The molecule has 0 N–H and O–H groups in total. The van der Waals surface area contributed by atoms with Crippen LogP contribution in [0.15, 0.2) is 185 Å². The number of rotatable bonds is 5. The first kappa shape index (κ1) is 27.5. The molecule has 0 amide bonds. The van der Waals surface area contributed by atoms with Crippen LogP contribution in [0.4, 0.5) is 17.1 Å². The summed E-state index contributed by atoms with van der Waals surface area (Å²) in [6.45, 7) is 0. The van der Waals surface area contributed by atoms with E-state index in [9.17, 15) is 0 Å². The van der Waals surface area contributed by atoms with Gasteiger partial charge in [-0.15, -0.1) is 0 Å². The number of nitrogens with zero attached hydrogens (tertiary/aromatic N) is 1. The molecule has 3 nitrogen and oxygen atoms in total. The molecule has 8 aromatic carbocycles. The van der Waals surface area contributed by atoms with E-state index in [4.69, 9.17) is 8.83 Å². The summed E-state index contributed by atoms with van der Waals surface area (Å²) in [6.07, 6.45) is 0. The van der Waals surface area contributed by atoms with Gasteiger partial charge in [0.1, 0.15) is 22.3 Å². The Kier molecular flexibility index (Phi) is 6.18. The lowest BCUT2D eigenvalue weighted by Crippen LogP contribution is -2.09. The van der Waals surface area contributed by atoms with Crippen LogP contribution in [0.25, 0.3) is 76.9 Å². The van der Waals surface area contributed by atoms with Crippen LogP contribution < -0.4 is 4.90 Å². The highest BCUT2D eigenvalue weighted by Gasteiger charge is 2.20. The zero-order valence-corrected chi connectivity index (χ0v) is 26.5. The van der Waals surface area contributed by atoms with Gasteiger partial charge in [0.05, 0.1) is 0 Å². The molecule has 2 aromatic heterocycles. The summed E-state index contributed by atoms with van der Waals surface area (Å²) in [6, 6.07) is 61.9. The lowest BCUT2D eigenvalue weighted by molar-refractivity contribution is 0.669. The summed E-state index contributed by atoms with van der Waals surface area (Å²) < 4.78 is 12.9. The Labute approximate surface area is 282 Å². The van der Waals surface area contributed by atoms with Crippen molar-refractivity contribution in [2.45, 2.75) is 0 Å². The second-order valence-electron chi connectivity index (χ2n) is 12.5. The summed E-state index contributed by atoms with van der Waals surface area (Å²) in [7, 11) is 0. The molecular formula is C46H29NO2. The second-order valence-corrected chi connectivity index (χ2v) is 12.5. The normalized spacial score (nSPS) is 11.7. The molecule has 0 saturated carbocycles. The van der Waals surface area contributed by atoms with Crippen molar-refractivity contribution in [1.29, 1.82) is 0 Å². The van der Waals surface area contributed by atoms with Crippen molar-refractivity contribution in [3.63, 3.8) is 0 Å². The average Bonchev–Trinajstić information content (AvgIpc) is 3.75. The first-order chi connectivity index (χ1) is 24.3. The summed E-state index contributed by atoms with van der Waals surface area (Å²) >= 11 is 0. The molecular weight excluding hydrogens is 599 g/mol. The quantitative estimate of drug-likeness (QED) is 0.190. The van der Waals surface area contributed by atoms with E-state index in [-0.39, 0.29) is 0 Å². The van der Waals surface area contributed by atoms with Crippen molar-refractivity contribution in [1.82, 2.24) is 0 Å². The van der Waals surface area contributed by atoms with Crippen LogP contribution in [0.2, 0.25) is 0 Å². The van der Waals surface area contributed by atoms with E-state index >= 15 is 0 Å². The van der Waals surface area contributed by atoms with Crippen LogP contribution in [0.3, 0.4) is 0 Å². The molecule has 230 valence electrons. The highest BCUT2D eigenvalue weighted by atomic mass is 16.3. The molecule has 0 atom stereocenters. The number of furan rings is 2. The van der Waals surface area contributed by atoms with Gasteiger partial charge in [0, 0.05) is 44.0 Å². The summed E-state index contributed by atoms with van der Waals surface area (Å²) in [5, 5.41) is 6.80. The standard InChI is InChI=1S/C46H29NO2/c1-3-11-30(12-4-1)33-13-9-16-36(29-33)47(34-14-5-2-6-15-34)35-25-21-31(22-26-35)37-18-10-20-40-44(37)46-42(49-40)28-24-32-23-27-41-45(43(32)46)38-17-7-8-19-39(38)48-41/h1-29H. The predicted octanol–water partition coefficient (Wildman–Crippen LogP) is 13.4. The summed E-state index contributed by atoms with van der Waals surface area (Å²) in [5.41, 5.74) is 11.5. The van der Waals surface area contributed by atoms with Crippen LogP contribution in [-0.2, 0) is 0 Å². The molecule has 0 unspecified atom stereocenters. The van der Waals surface area contributed by atoms with Gasteiger partial charge >= 0.3 is 0 Å². The van der Waals surface area contributed by atoms with Crippen molar-refractivity contribution in [3.8, 4) is 22.3 Å². The van der Waals surface area contributed by atoms with Crippen LogP contribution in [0, 0.1) is 0 Å². The first-order valence-electron chi connectivity index (χ1n) is 16.6. The van der Waals surface area contributed by atoms with Crippen molar-refractivity contribution in [3.05, 3.63) is 176 Å². The number of fused-ring (bicyclic) bond motifs is 9. The number of hydrogen-bond donors (Lipinski definition) is 0. The van der Waals surface area contributed by atoms with Gasteiger partial charge in [0.25, 0.3) is 0 Å². The molecule has 2 heterocycles. The zero-order chi connectivity index (χ0) is 32.3. The Morgan fingerprint density at radius 1 is 0.327 bits per heavy atom. The van der Waals surface area contributed by atoms with Crippen molar-refractivity contribution in [2.24, 2.45) is 0 Å². The third-order valence-electron chi connectivity index (χ3n) is 9.64. The largest absolute Gasteiger partial charge is 0.456 e. The Morgan fingerprint density at radius 3 is 1.73 bits per heavy atom. The smallest absolute Gasteiger partial charge is 0.136 e. The van der Waals surface area contributed by atoms with E-state index in [2.05, 4.69) is 169 Å². The van der Waals surface area contributed by atoms with Gasteiger partial charge in [-0.05, 0) is 88.3 Å². The van der Waals surface area contributed by atoms with Gasteiger partial charge in [0.15, 0.2) is 0 Å². The SMILES string of the molecule is c1ccc(-c2cccc(N(c3ccccc3)c3ccc(-c4cccc5oc6ccc7ccc8oc9ccccc9c8c7c6c45)cc3)c2)cc1. The zero-order valence-electron chi connectivity index (χ0n) is 26.5. The minimum atomic E-state index is 0.873. The molecule has 0 aliphatic carbocycles. The number of hydrogen-bond acceptors (Lipinski definition) is 3. The predicted molar refractivity (Wildman–Crippen MR) is 204 cm³/mol. The van der Waals surface area contributed by atoms with Crippen LogP contribution in [0.1, 0.15) is 0 Å². The van der Waals surface area contributed by atoms with Gasteiger partial charge in [-0.2, -0.15) is 0 Å². The minimum absolute atomic E-state index is 0.873. The van der Waals surface area contributed by atoms with E-state index in [0.29, 0.717) is 0 Å². The minimum Gasteiger partial charge on any atom is -0.456 e. The third kappa shape index (κ3) is 4.44. The van der Waals surface area contributed by atoms with E-state index in [1.54, 1.807) is 0 Å². The average molecular weight is 628 g/mol. The molecule has 0 aliphatic heterocycles. The molecule has 0 bridgehead atoms. The van der Waals surface area contributed by atoms with Gasteiger partial charge in [-0.1, -0.05) is 115 Å². The summed E-state index contributed by atoms with van der Waals surface area (Å²) in [4.78, 5) is 2.32. The lowest BCUT2D eigenvalue weighted by atomic mass is 9.94. The van der Waals surface area contributed by atoms with E-state index < -0.39 is 0 Å². The molecule has 3 heteroatoms. The van der Waals surface area contributed by atoms with Crippen LogP contribution >= 0.6 is 0 Å². The Bertz CT molecular complexity index is 2810. The fraction of sp³-hybridized carbons (Fsp3) is 0. The van der Waals surface area contributed by atoms with Gasteiger partial charge in [-0.25, -0.2) is 0 Å². The maximum Gasteiger partial charge on any atom is 0.136 e. The van der Waals surface area contributed by atoms with Crippen molar-refractivity contribution in [2.75, 3.05) is 4.90 Å². The van der Waals surface area contributed by atoms with Gasteiger partial charge < -0.3 is 13.7 Å². The Morgan fingerprint density at radius 2 is 0.918 bits per heavy atom. The topological polar surface area (TPSA) is 29.5 Å². The molecule has 0 spiro atoms. The highest BCUT2D eigenvalue weighted by Crippen LogP contribution is 2.45. The first-order valence-corrected chi connectivity index (χ1v) is 16.6. The lowest BCUT2D eigenvalue weighted by Gasteiger charge is -2.26. The van der Waals surface area contributed by atoms with Gasteiger partial charge in [0.2, 0.25) is 0 Å². The molecule has 0 fully saturated rings. The monoisotopic (exact) mass is 627 g/mol. The fourth-order valence-electron chi connectivity index (χ4n) is 7.45. The Balaban J connectivity index is 1.15. The van der Waals surface area contributed by atoms with Crippen LogP contribution in [-0.4, -0.2) is 0 Å². The fourth-order valence-corrected chi connectivity index (χ4v) is 7.45. The van der Waals surface area contributed by atoms with E-state index in [1.165, 1.54) is 11.1 Å².